The Labute approximate surface area is 134 Å². The Hall–Kier alpha value is -2.56. The van der Waals surface area contributed by atoms with Crippen LogP contribution in [0.1, 0.15) is 29.6 Å². The average Bonchev–Trinajstić information content (AvgIpc) is 2.98. The van der Waals surface area contributed by atoms with Crippen molar-refractivity contribution >= 4 is 5.91 Å². The van der Waals surface area contributed by atoms with Gasteiger partial charge in [-0.2, -0.15) is 0 Å². The second kappa shape index (κ2) is 6.69. The lowest BCUT2D eigenvalue weighted by Crippen LogP contribution is -2.42. The molecule has 1 heterocycles. The van der Waals surface area contributed by atoms with Crippen LogP contribution in [-0.4, -0.2) is 22.6 Å². The molecule has 1 aromatic carbocycles. The monoisotopic (exact) mass is 312 g/mol. The Morgan fingerprint density at radius 1 is 1.22 bits per heavy atom. The highest BCUT2D eigenvalue weighted by Crippen LogP contribution is 2.24. The van der Waals surface area contributed by atoms with Crippen LogP contribution in [0.3, 0.4) is 0 Å². The molecule has 1 fully saturated rings. The van der Waals surface area contributed by atoms with E-state index in [2.05, 4.69) is 5.32 Å². The van der Waals surface area contributed by atoms with Crippen molar-refractivity contribution in [2.75, 3.05) is 0 Å². The van der Waals surface area contributed by atoms with E-state index < -0.39 is 0 Å². The first-order chi connectivity index (χ1) is 11.1. The molecule has 0 bridgehead atoms. The maximum atomic E-state index is 12.3. The van der Waals surface area contributed by atoms with E-state index in [0.717, 1.165) is 25.0 Å². The third kappa shape index (κ3) is 3.62. The number of aromatic nitrogens is 1. The van der Waals surface area contributed by atoms with Crippen molar-refractivity contribution < 1.29 is 9.53 Å². The molecule has 1 aliphatic carbocycles. The van der Waals surface area contributed by atoms with Gasteiger partial charge < -0.3 is 14.6 Å². The van der Waals surface area contributed by atoms with Crippen molar-refractivity contribution in [2.45, 2.75) is 31.4 Å². The lowest BCUT2D eigenvalue weighted by molar-refractivity contribution is 0.0893. The number of para-hydroxylation sites is 1. The fourth-order valence-corrected chi connectivity index (χ4v) is 2.85. The molecular weight excluding hydrogens is 292 g/mol. The van der Waals surface area contributed by atoms with Crippen molar-refractivity contribution in [1.82, 2.24) is 9.88 Å². The summed E-state index contributed by atoms with van der Waals surface area (Å²) >= 11 is 0. The molecule has 0 radical (unpaired) electrons. The predicted octanol–water partition coefficient (Wildman–Crippen LogP) is 2.12. The molecule has 1 saturated carbocycles. The molecule has 0 saturated heterocycles. The van der Waals surface area contributed by atoms with Crippen molar-refractivity contribution in [3.8, 4) is 5.75 Å². The number of benzene rings is 1. The third-order valence-electron chi connectivity index (χ3n) is 4.17. The highest BCUT2D eigenvalue weighted by molar-refractivity contribution is 5.94. The summed E-state index contributed by atoms with van der Waals surface area (Å²) < 4.78 is 7.43. The van der Waals surface area contributed by atoms with E-state index in [1.54, 1.807) is 19.3 Å². The second-order valence-corrected chi connectivity index (χ2v) is 5.84. The van der Waals surface area contributed by atoms with Gasteiger partial charge in [0.25, 0.3) is 11.5 Å². The zero-order valence-corrected chi connectivity index (χ0v) is 13.1. The van der Waals surface area contributed by atoms with Crippen LogP contribution in [0.5, 0.6) is 5.75 Å². The van der Waals surface area contributed by atoms with E-state index in [4.69, 9.17) is 4.74 Å². The van der Waals surface area contributed by atoms with Crippen LogP contribution in [0.2, 0.25) is 0 Å². The van der Waals surface area contributed by atoms with E-state index in [1.165, 1.54) is 10.6 Å². The van der Waals surface area contributed by atoms with Crippen molar-refractivity contribution in [2.24, 2.45) is 7.05 Å². The molecule has 1 N–H and O–H groups in total. The van der Waals surface area contributed by atoms with Crippen molar-refractivity contribution in [1.29, 1.82) is 0 Å². The maximum absolute atomic E-state index is 12.3. The van der Waals surface area contributed by atoms with Gasteiger partial charge in [-0.15, -0.1) is 0 Å². The molecule has 0 spiro atoms. The highest BCUT2D eigenvalue weighted by Gasteiger charge is 2.30. The number of amides is 1. The van der Waals surface area contributed by atoms with Gasteiger partial charge in [0.2, 0.25) is 0 Å². The number of carbonyl (C=O) groups is 1. The summed E-state index contributed by atoms with van der Waals surface area (Å²) in [6.07, 6.45) is 4.38. The smallest absolute Gasteiger partial charge is 0.251 e. The summed E-state index contributed by atoms with van der Waals surface area (Å²) in [5, 5.41) is 3.00. The summed E-state index contributed by atoms with van der Waals surface area (Å²) in [5.41, 5.74) is 0.194. The third-order valence-corrected chi connectivity index (χ3v) is 4.17. The number of nitrogens with zero attached hydrogens (tertiary/aromatic N) is 1. The Morgan fingerprint density at radius 3 is 2.74 bits per heavy atom. The van der Waals surface area contributed by atoms with Gasteiger partial charge in [0.1, 0.15) is 11.9 Å². The first-order valence-electron chi connectivity index (χ1n) is 7.83. The first kappa shape index (κ1) is 15.3. The van der Waals surface area contributed by atoms with E-state index in [9.17, 15) is 9.59 Å². The van der Waals surface area contributed by atoms with E-state index in [1.807, 2.05) is 30.3 Å². The molecule has 0 unspecified atom stereocenters. The van der Waals surface area contributed by atoms with E-state index in [-0.39, 0.29) is 23.6 Å². The number of ether oxygens (including phenoxy) is 1. The first-order valence-corrected chi connectivity index (χ1v) is 7.83. The van der Waals surface area contributed by atoms with Crippen LogP contribution in [0.25, 0.3) is 0 Å². The number of hydrogen-bond acceptors (Lipinski definition) is 3. The Bertz CT molecular complexity index is 739. The van der Waals surface area contributed by atoms with Gasteiger partial charge in [-0.05, 0) is 37.5 Å². The van der Waals surface area contributed by atoms with Gasteiger partial charge in [0.15, 0.2) is 0 Å². The van der Waals surface area contributed by atoms with Crippen LogP contribution in [0, 0.1) is 0 Å². The largest absolute Gasteiger partial charge is 0.488 e. The van der Waals surface area contributed by atoms with Crippen LogP contribution in [-0.2, 0) is 7.05 Å². The Morgan fingerprint density at radius 2 is 2.00 bits per heavy atom. The number of hydrogen-bond donors (Lipinski definition) is 1. The normalized spacial score (nSPS) is 20.2. The quantitative estimate of drug-likeness (QED) is 0.940. The summed E-state index contributed by atoms with van der Waals surface area (Å²) in [6.45, 7) is 0. The van der Waals surface area contributed by atoms with Crippen LogP contribution >= 0.6 is 0 Å². The van der Waals surface area contributed by atoms with Crippen molar-refractivity contribution in [3.05, 3.63) is 64.6 Å². The SMILES string of the molecule is Cn1ccc(C(=O)N[C@@H]2CCC[C@H]2Oc2ccccc2)cc1=O. The minimum Gasteiger partial charge on any atom is -0.488 e. The fraction of sp³-hybridized carbons (Fsp3) is 0.333. The molecular formula is C18H20N2O3. The van der Waals surface area contributed by atoms with Gasteiger partial charge in [-0.1, -0.05) is 18.2 Å². The van der Waals surface area contributed by atoms with E-state index in [0.29, 0.717) is 5.56 Å². The van der Waals surface area contributed by atoms with Gasteiger partial charge in [-0.25, -0.2) is 0 Å². The topological polar surface area (TPSA) is 60.3 Å². The second-order valence-electron chi connectivity index (χ2n) is 5.84. The number of pyridine rings is 1. The standard InChI is InChI=1S/C18H20N2O3/c1-20-11-10-13(12-17(20)21)18(22)19-15-8-5-9-16(15)23-14-6-3-2-4-7-14/h2-4,6-7,10-12,15-16H,5,8-9H2,1H3,(H,19,22)/t15-,16-/m1/s1. The van der Waals surface area contributed by atoms with Gasteiger partial charge >= 0.3 is 0 Å². The summed E-state index contributed by atoms with van der Waals surface area (Å²) in [5.74, 6) is 0.587. The van der Waals surface area contributed by atoms with Gasteiger partial charge in [0, 0.05) is 24.9 Å². The maximum Gasteiger partial charge on any atom is 0.251 e. The Kier molecular flexibility index (Phi) is 4.46. The molecule has 120 valence electrons. The number of nitrogens with one attached hydrogen (secondary N) is 1. The van der Waals surface area contributed by atoms with Crippen LogP contribution in [0.15, 0.2) is 53.5 Å². The lowest BCUT2D eigenvalue weighted by atomic mass is 10.1. The van der Waals surface area contributed by atoms with Gasteiger partial charge in [-0.3, -0.25) is 9.59 Å². The molecule has 1 aromatic heterocycles. The molecule has 23 heavy (non-hydrogen) atoms. The zero-order valence-electron chi connectivity index (χ0n) is 13.1. The highest BCUT2D eigenvalue weighted by atomic mass is 16.5. The minimum absolute atomic E-state index is 0.0344. The molecule has 3 rings (SSSR count). The molecule has 5 heteroatoms. The molecule has 1 aliphatic rings. The van der Waals surface area contributed by atoms with Crippen molar-refractivity contribution in [3.63, 3.8) is 0 Å². The molecule has 1 amide bonds. The zero-order chi connectivity index (χ0) is 16.2. The van der Waals surface area contributed by atoms with Crippen LogP contribution < -0.4 is 15.6 Å². The summed E-state index contributed by atoms with van der Waals surface area (Å²) in [4.78, 5) is 24.0. The number of rotatable bonds is 4. The average molecular weight is 312 g/mol. The summed E-state index contributed by atoms with van der Waals surface area (Å²) in [7, 11) is 1.66. The number of aryl methyl sites for hydroxylation is 1. The van der Waals surface area contributed by atoms with Gasteiger partial charge in [0.05, 0.1) is 6.04 Å². The molecule has 2 aromatic rings. The predicted molar refractivity (Wildman–Crippen MR) is 87.6 cm³/mol. The lowest BCUT2D eigenvalue weighted by Gasteiger charge is -2.22. The molecule has 5 nitrogen and oxygen atoms in total. The minimum atomic E-state index is -0.226. The summed E-state index contributed by atoms with van der Waals surface area (Å²) in [6, 6.07) is 12.6. The molecule has 2 atom stereocenters. The number of carbonyl (C=O) groups excluding carboxylic acids is 1. The van der Waals surface area contributed by atoms with Crippen LogP contribution in [0.4, 0.5) is 0 Å². The molecule has 0 aliphatic heterocycles. The fourth-order valence-electron chi connectivity index (χ4n) is 2.85. The Balaban J connectivity index is 1.67. The van der Waals surface area contributed by atoms with E-state index >= 15 is 0 Å².